The van der Waals surface area contributed by atoms with Crippen molar-refractivity contribution in [2.24, 2.45) is 0 Å². The van der Waals surface area contributed by atoms with E-state index in [1.54, 1.807) is 6.08 Å². The third-order valence-electron chi connectivity index (χ3n) is 2.83. The SMILES string of the molecule is C=CCc1ccccc1NC(=O)OCc1ccccc1. The monoisotopic (exact) mass is 267 g/mol. The van der Waals surface area contributed by atoms with Crippen LogP contribution in [0, 0.1) is 0 Å². The average molecular weight is 267 g/mol. The van der Waals surface area contributed by atoms with E-state index in [0.717, 1.165) is 16.8 Å². The van der Waals surface area contributed by atoms with Crippen molar-refractivity contribution in [1.82, 2.24) is 0 Å². The third-order valence-corrected chi connectivity index (χ3v) is 2.83. The van der Waals surface area contributed by atoms with Gasteiger partial charge in [-0.3, -0.25) is 5.32 Å². The summed E-state index contributed by atoms with van der Waals surface area (Å²) in [6.07, 6.45) is 2.05. The molecule has 0 aromatic heterocycles. The van der Waals surface area contributed by atoms with E-state index < -0.39 is 6.09 Å². The van der Waals surface area contributed by atoms with Gasteiger partial charge in [0, 0.05) is 5.69 Å². The van der Waals surface area contributed by atoms with Crippen LogP contribution in [-0.2, 0) is 17.8 Å². The molecule has 0 atom stereocenters. The van der Waals surface area contributed by atoms with Crippen LogP contribution in [0.4, 0.5) is 10.5 Å². The molecule has 20 heavy (non-hydrogen) atoms. The molecule has 0 bridgehead atoms. The first-order valence-corrected chi connectivity index (χ1v) is 6.46. The van der Waals surface area contributed by atoms with Gasteiger partial charge in [0.2, 0.25) is 0 Å². The fourth-order valence-corrected chi connectivity index (χ4v) is 1.84. The number of rotatable bonds is 5. The van der Waals surface area contributed by atoms with Gasteiger partial charge in [-0.1, -0.05) is 54.6 Å². The second-order valence-corrected chi connectivity index (χ2v) is 4.34. The molecule has 0 aliphatic rings. The Balaban J connectivity index is 1.93. The Kier molecular flexibility index (Phi) is 4.95. The number of benzene rings is 2. The van der Waals surface area contributed by atoms with Crippen molar-refractivity contribution >= 4 is 11.8 Å². The molecule has 0 saturated carbocycles. The quantitative estimate of drug-likeness (QED) is 0.826. The van der Waals surface area contributed by atoms with Gasteiger partial charge in [0.1, 0.15) is 6.61 Å². The Morgan fingerprint density at radius 1 is 1.10 bits per heavy atom. The lowest BCUT2D eigenvalue weighted by Crippen LogP contribution is -2.14. The summed E-state index contributed by atoms with van der Waals surface area (Å²) >= 11 is 0. The van der Waals surface area contributed by atoms with E-state index in [1.807, 2.05) is 54.6 Å². The fraction of sp³-hybridized carbons (Fsp3) is 0.118. The maximum Gasteiger partial charge on any atom is 0.411 e. The Morgan fingerprint density at radius 2 is 1.80 bits per heavy atom. The van der Waals surface area contributed by atoms with Crippen molar-refractivity contribution in [3.05, 3.63) is 78.4 Å². The summed E-state index contributed by atoms with van der Waals surface area (Å²) in [7, 11) is 0. The van der Waals surface area contributed by atoms with Crippen LogP contribution in [0.5, 0.6) is 0 Å². The highest BCUT2D eigenvalue weighted by atomic mass is 16.5. The highest BCUT2D eigenvalue weighted by Crippen LogP contribution is 2.16. The van der Waals surface area contributed by atoms with Crippen molar-refractivity contribution in [1.29, 1.82) is 0 Å². The van der Waals surface area contributed by atoms with Gasteiger partial charge in [-0.15, -0.1) is 6.58 Å². The molecule has 102 valence electrons. The van der Waals surface area contributed by atoms with E-state index in [2.05, 4.69) is 11.9 Å². The van der Waals surface area contributed by atoms with Crippen LogP contribution in [0.2, 0.25) is 0 Å². The first-order chi connectivity index (χ1) is 9.79. The highest BCUT2D eigenvalue weighted by molar-refractivity contribution is 5.85. The van der Waals surface area contributed by atoms with E-state index in [0.29, 0.717) is 6.42 Å². The first-order valence-electron chi connectivity index (χ1n) is 6.46. The maximum atomic E-state index is 11.8. The van der Waals surface area contributed by atoms with Crippen LogP contribution in [0.1, 0.15) is 11.1 Å². The molecular weight excluding hydrogens is 250 g/mol. The molecule has 1 N–H and O–H groups in total. The first kappa shape index (κ1) is 13.9. The molecule has 0 radical (unpaired) electrons. The van der Waals surface area contributed by atoms with Gasteiger partial charge in [0.05, 0.1) is 0 Å². The number of carbonyl (C=O) groups is 1. The minimum absolute atomic E-state index is 0.260. The van der Waals surface area contributed by atoms with Gasteiger partial charge in [0.25, 0.3) is 0 Å². The summed E-state index contributed by atoms with van der Waals surface area (Å²) in [6.45, 7) is 3.97. The summed E-state index contributed by atoms with van der Waals surface area (Å²) in [6, 6.07) is 17.2. The van der Waals surface area contributed by atoms with Crippen LogP contribution >= 0.6 is 0 Å². The van der Waals surface area contributed by atoms with Gasteiger partial charge < -0.3 is 4.74 Å². The Labute approximate surface area is 118 Å². The van der Waals surface area contributed by atoms with Crippen molar-refractivity contribution in [2.75, 3.05) is 5.32 Å². The maximum absolute atomic E-state index is 11.8. The molecule has 0 fully saturated rings. The fourth-order valence-electron chi connectivity index (χ4n) is 1.84. The number of anilines is 1. The molecule has 0 heterocycles. The molecule has 2 aromatic carbocycles. The molecule has 0 aliphatic carbocycles. The topological polar surface area (TPSA) is 38.3 Å². The van der Waals surface area contributed by atoms with E-state index in [9.17, 15) is 4.79 Å². The largest absolute Gasteiger partial charge is 0.444 e. The Morgan fingerprint density at radius 3 is 2.55 bits per heavy atom. The second-order valence-electron chi connectivity index (χ2n) is 4.34. The number of carbonyl (C=O) groups excluding carboxylic acids is 1. The van der Waals surface area contributed by atoms with Crippen molar-refractivity contribution in [2.45, 2.75) is 13.0 Å². The van der Waals surface area contributed by atoms with Crippen LogP contribution in [0.25, 0.3) is 0 Å². The molecular formula is C17H17NO2. The summed E-state index contributed by atoms with van der Waals surface area (Å²) in [5.74, 6) is 0. The predicted molar refractivity (Wildman–Crippen MR) is 80.6 cm³/mol. The summed E-state index contributed by atoms with van der Waals surface area (Å²) in [4.78, 5) is 11.8. The van der Waals surface area contributed by atoms with Crippen molar-refractivity contribution in [3.8, 4) is 0 Å². The van der Waals surface area contributed by atoms with Crippen LogP contribution < -0.4 is 5.32 Å². The molecule has 2 rings (SSSR count). The lowest BCUT2D eigenvalue weighted by molar-refractivity contribution is 0.155. The van der Waals surface area contributed by atoms with Gasteiger partial charge >= 0.3 is 6.09 Å². The average Bonchev–Trinajstić information content (AvgIpc) is 2.49. The number of para-hydroxylation sites is 1. The molecule has 1 amide bonds. The summed E-state index contributed by atoms with van der Waals surface area (Å²) < 4.78 is 5.19. The predicted octanol–water partition coefficient (Wildman–Crippen LogP) is 4.16. The molecule has 3 nitrogen and oxygen atoms in total. The minimum atomic E-state index is -0.453. The van der Waals surface area contributed by atoms with E-state index in [4.69, 9.17) is 4.74 Å². The van der Waals surface area contributed by atoms with Crippen molar-refractivity contribution in [3.63, 3.8) is 0 Å². The number of hydrogen-bond donors (Lipinski definition) is 1. The number of ether oxygens (including phenoxy) is 1. The zero-order chi connectivity index (χ0) is 14.2. The molecule has 3 heteroatoms. The van der Waals surface area contributed by atoms with Gasteiger partial charge in [0.15, 0.2) is 0 Å². The van der Waals surface area contributed by atoms with Crippen LogP contribution in [0.3, 0.4) is 0 Å². The lowest BCUT2D eigenvalue weighted by atomic mass is 10.1. The van der Waals surface area contributed by atoms with E-state index >= 15 is 0 Å². The van der Waals surface area contributed by atoms with Crippen molar-refractivity contribution < 1.29 is 9.53 Å². The molecule has 0 spiro atoms. The number of hydrogen-bond acceptors (Lipinski definition) is 2. The lowest BCUT2D eigenvalue weighted by Gasteiger charge is -2.10. The number of allylic oxidation sites excluding steroid dienone is 1. The highest BCUT2D eigenvalue weighted by Gasteiger charge is 2.06. The Hall–Kier alpha value is -2.55. The van der Waals surface area contributed by atoms with Gasteiger partial charge in [-0.25, -0.2) is 4.79 Å². The van der Waals surface area contributed by atoms with E-state index in [-0.39, 0.29) is 6.61 Å². The minimum Gasteiger partial charge on any atom is -0.444 e. The second kappa shape index (κ2) is 7.14. The summed E-state index contributed by atoms with van der Waals surface area (Å²) in [5.41, 5.74) is 2.73. The zero-order valence-electron chi connectivity index (χ0n) is 11.2. The number of amides is 1. The molecule has 0 unspecified atom stereocenters. The number of nitrogens with one attached hydrogen (secondary N) is 1. The van der Waals surface area contributed by atoms with Gasteiger partial charge in [-0.2, -0.15) is 0 Å². The normalized spacial score (nSPS) is 9.80. The van der Waals surface area contributed by atoms with Gasteiger partial charge in [-0.05, 0) is 23.6 Å². The standard InChI is InChI=1S/C17H17NO2/c1-2-8-15-11-6-7-12-16(15)18-17(19)20-13-14-9-4-3-5-10-14/h2-7,9-12H,1,8,13H2,(H,18,19). The van der Waals surface area contributed by atoms with Crippen LogP contribution in [-0.4, -0.2) is 6.09 Å². The summed E-state index contributed by atoms with van der Waals surface area (Å²) in [5, 5.41) is 2.76. The molecule has 0 saturated heterocycles. The smallest absolute Gasteiger partial charge is 0.411 e. The van der Waals surface area contributed by atoms with E-state index in [1.165, 1.54) is 0 Å². The molecule has 0 aliphatic heterocycles. The van der Waals surface area contributed by atoms with Crippen LogP contribution in [0.15, 0.2) is 67.3 Å². The third kappa shape index (κ3) is 3.99. The Bertz CT molecular complexity index is 579. The zero-order valence-corrected chi connectivity index (χ0v) is 11.2. The molecule has 2 aromatic rings.